The van der Waals surface area contributed by atoms with Crippen LogP contribution in [0.15, 0.2) is 12.4 Å². The minimum Gasteiger partial charge on any atom is -0.384 e. The molecule has 1 aliphatic rings. The summed E-state index contributed by atoms with van der Waals surface area (Å²) >= 11 is 0. The van der Waals surface area contributed by atoms with Crippen LogP contribution in [0.5, 0.6) is 0 Å². The molecule has 98 valence electrons. The lowest BCUT2D eigenvalue weighted by Crippen LogP contribution is -2.37. The molecule has 6 heteroatoms. The SMILES string of the molecule is COCC1CCCN(c2cnc(C(=N)N)cn2)C1. The zero-order valence-electron chi connectivity index (χ0n) is 10.6. The van der Waals surface area contributed by atoms with Gasteiger partial charge in [-0.15, -0.1) is 0 Å². The molecule has 6 nitrogen and oxygen atoms in total. The van der Waals surface area contributed by atoms with Gasteiger partial charge in [0.1, 0.15) is 17.3 Å². The van der Waals surface area contributed by atoms with Gasteiger partial charge in [-0.05, 0) is 18.8 Å². The lowest BCUT2D eigenvalue weighted by Gasteiger charge is -2.33. The molecule has 1 aromatic heterocycles. The Morgan fingerprint density at radius 2 is 2.39 bits per heavy atom. The molecule has 1 aliphatic heterocycles. The third-order valence-electron chi connectivity index (χ3n) is 3.16. The summed E-state index contributed by atoms with van der Waals surface area (Å²) < 4.78 is 5.21. The molecule has 1 atom stereocenters. The van der Waals surface area contributed by atoms with Crippen molar-refractivity contribution in [2.24, 2.45) is 11.7 Å². The van der Waals surface area contributed by atoms with Crippen LogP contribution in [-0.2, 0) is 4.74 Å². The summed E-state index contributed by atoms with van der Waals surface area (Å²) in [6, 6.07) is 0. The van der Waals surface area contributed by atoms with Gasteiger partial charge in [0.15, 0.2) is 0 Å². The van der Waals surface area contributed by atoms with Crippen LogP contribution in [0.25, 0.3) is 0 Å². The van der Waals surface area contributed by atoms with E-state index in [4.69, 9.17) is 15.9 Å². The van der Waals surface area contributed by atoms with Crippen molar-refractivity contribution in [3.05, 3.63) is 18.1 Å². The van der Waals surface area contributed by atoms with Gasteiger partial charge in [-0.1, -0.05) is 0 Å². The van der Waals surface area contributed by atoms with Crippen LogP contribution in [0, 0.1) is 11.3 Å². The summed E-state index contributed by atoms with van der Waals surface area (Å²) in [6.07, 6.45) is 5.58. The van der Waals surface area contributed by atoms with Gasteiger partial charge in [0.2, 0.25) is 0 Å². The summed E-state index contributed by atoms with van der Waals surface area (Å²) in [5.74, 6) is 1.35. The first-order valence-electron chi connectivity index (χ1n) is 6.11. The van der Waals surface area contributed by atoms with Crippen molar-refractivity contribution in [1.29, 1.82) is 5.41 Å². The van der Waals surface area contributed by atoms with Crippen molar-refractivity contribution in [2.75, 3.05) is 31.7 Å². The summed E-state index contributed by atoms with van der Waals surface area (Å²) in [5.41, 5.74) is 5.78. The first-order chi connectivity index (χ1) is 8.70. The van der Waals surface area contributed by atoms with E-state index in [-0.39, 0.29) is 5.84 Å². The molecule has 3 N–H and O–H groups in total. The van der Waals surface area contributed by atoms with E-state index in [1.54, 1.807) is 19.5 Å². The van der Waals surface area contributed by atoms with E-state index in [1.807, 2.05) is 0 Å². The average molecular weight is 249 g/mol. The number of hydrogen-bond donors (Lipinski definition) is 2. The van der Waals surface area contributed by atoms with Gasteiger partial charge in [-0.3, -0.25) is 5.41 Å². The lowest BCUT2D eigenvalue weighted by atomic mass is 9.99. The molecule has 0 saturated carbocycles. The molecular weight excluding hydrogens is 230 g/mol. The number of nitrogen functional groups attached to an aromatic ring is 1. The number of amidine groups is 1. The Balaban J connectivity index is 2.04. The molecule has 1 unspecified atom stereocenters. The van der Waals surface area contributed by atoms with Crippen LogP contribution in [0.1, 0.15) is 18.5 Å². The van der Waals surface area contributed by atoms with Crippen LogP contribution in [0.2, 0.25) is 0 Å². The predicted molar refractivity (Wildman–Crippen MR) is 69.9 cm³/mol. The normalized spacial score (nSPS) is 19.8. The van der Waals surface area contributed by atoms with Crippen LogP contribution < -0.4 is 10.6 Å². The highest BCUT2D eigenvalue weighted by Gasteiger charge is 2.21. The van der Waals surface area contributed by atoms with Gasteiger partial charge in [0, 0.05) is 20.2 Å². The van der Waals surface area contributed by atoms with E-state index >= 15 is 0 Å². The lowest BCUT2D eigenvalue weighted by molar-refractivity contribution is 0.143. The molecule has 0 radical (unpaired) electrons. The third-order valence-corrected chi connectivity index (χ3v) is 3.16. The largest absolute Gasteiger partial charge is 0.384 e. The molecule has 1 saturated heterocycles. The first-order valence-corrected chi connectivity index (χ1v) is 6.11. The number of nitrogens with two attached hydrogens (primary N) is 1. The van der Waals surface area contributed by atoms with E-state index in [2.05, 4.69) is 14.9 Å². The van der Waals surface area contributed by atoms with Crippen LogP contribution in [0.3, 0.4) is 0 Å². The van der Waals surface area contributed by atoms with E-state index < -0.39 is 0 Å². The Labute approximate surface area is 107 Å². The Morgan fingerprint density at radius 3 is 3.00 bits per heavy atom. The highest BCUT2D eigenvalue weighted by molar-refractivity contribution is 5.92. The number of nitrogens with zero attached hydrogens (tertiary/aromatic N) is 3. The molecule has 1 fully saturated rings. The second kappa shape index (κ2) is 5.77. The zero-order chi connectivity index (χ0) is 13.0. The van der Waals surface area contributed by atoms with Crippen LogP contribution >= 0.6 is 0 Å². The molecule has 1 aromatic rings. The standard InChI is InChI=1S/C12H19N5O/c1-18-8-9-3-2-4-17(7-9)11-6-15-10(5-16-11)12(13)14/h5-6,9H,2-4,7-8H2,1H3,(H3,13,14). The molecule has 0 aromatic carbocycles. The van der Waals surface area contributed by atoms with Crippen LogP contribution in [0.4, 0.5) is 5.82 Å². The second-order valence-electron chi connectivity index (χ2n) is 4.58. The molecule has 0 aliphatic carbocycles. The van der Waals surface area contributed by atoms with Crippen molar-refractivity contribution < 1.29 is 4.74 Å². The van der Waals surface area contributed by atoms with Crippen molar-refractivity contribution >= 4 is 11.7 Å². The van der Waals surface area contributed by atoms with Gasteiger partial charge in [-0.25, -0.2) is 9.97 Å². The Hall–Kier alpha value is -1.69. The number of aromatic nitrogens is 2. The van der Waals surface area contributed by atoms with Gasteiger partial charge >= 0.3 is 0 Å². The number of rotatable bonds is 4. The minimum absolute atomic E-state index is 0.0510. The number of hydrogen-bond acceptors (Lipinski definition) is 5. The van der Waals surface area contributed by atoms with E-state index in [9.17, 15) is 0 Å². The summed E-state index contributed by atoms with van der Waals surface area (Å²) in [5, 5.41) is 7.28. The van der Waals surface area contributed by atoms with Crippen molar-refractivity contribution in [3.63, 3.8) is 0 Å². The Morgan fingerprint density at radius 1 is 1.56 bits per heavy atom. The number of anilines is 1. The molecule has 0 spiro atoms. The molecule has 18 heavy (non-hydrogen) atoms. The first kappa shape index (κ1) is 12.8. The van der Waals surface area contributed by atoms with Gasteiger partial charge in [0.25, 0.3) is 0 Å². The quantitative estimate of drug-likeness (QED) is 0.603. The highest BCUT2D eigenvalue weighted by atomic mass is 16.5. The molecule has 2 rings (SSSR count). The van der Waals surface area contributed by atoms with Crippen molar-refractivity contribution in [2.45, 2.75) is 12.8 Å². The maximum Gasteiger partial charge on any atom is 0.147 e. The fourth-order valence-corrected chi connectivity index (χ4v) is 2.27. The zero-order valence-corrected chi connectivity index (χ0v) is 10.6. The highest BCUT2D eigenvalue weighted by Crippen LogP contribution is 2.21. The number of nitrogens with one attached hydrogen (secondary N) is 1. The van der Waals surface area contributed by atoms with Crippen molar-refractivity contribution in [1.82, 2.24) is 9.97 Å². The summed E-state index contributed by atoms with van der Waals surface area (Å²) in [4.78, 5) is 10.7. The van der Waals surface area contributed by atoms with E-state index in [0.717, 1.165) is 31.9 Å². The van der Waals surface area contributed by atoms with E-state index in [0.29, 0.717) is 11.6 Å². The monoisotopic (exact) mass is 249 g/mol. The third kappa shape index (κ3) is 2.95. The maximum absolute atomic E-state index is 7.28. The fraction of sp³-hybridized carbons (Fsp3) is 0.583. The molecule has 0 bridgehead atoms. The van der Waals surface area contributed by atoms with Crippen LogP contribution in [-0.4, -0.2) is 42.6 Å². The smallest absolute Gasteiger partial charge is 0.147 e. The van der Waals surface area contributed by atoms with Gasteiger partial charge < -0.3 is 15.4 Å². The summed E-state index contributed by atoms with van der Waals surface area (Å²) in [6.45, 7) is 2.73. The number of piperidine rings is 1. The molecule has 2 heterocycles. The number of methoxy groups -OCH3 is 1. The maximum atomic E-state index is 7.28. The fourth-order valence-electron chi connectivity index (χ4n) is 2.27. The van der Waals surface area contributed by atoms with Gasteiger partial charge in [-0.2, -0.15) is 0 Å². The molecule has 0 amide bonds. The van der Waals surface area contributed by atoms with Crippen molar-refractivity contribution in [3.8, 4) is 0 Å². The minimum atomic E-state index is -0.0510. The summed E-state index contributed by atoms with van der Waals surface area (Å²) in [7, 11) is 1.74. The topological polar surface area (TPSA) is 88.1 Å². The average Bonchev–Trinajstić information content (AvgIpc) is 2.39. The molecular formula is C12H19N5O. The predicted octanol–water partition coefficient (Wildman–Crippen LogP) is 0.623. The Kier molecular flexibility index (Phi) is 4.09. The second-order valence-corrected chi connectivity index (χ2v) is 4.58. The Bertz CT molecular complexity index is 403. The van der Waals surface area contributed by atoms with E-state index in [1.165, 1.54) is 6.42 Å². The number of ether oxygens (including phenoxy) is 1. The van der Waals surface area contributed by atoms with Gasteiger partial charge in [0.05, 0.1) is 19.0 Å².